The Morgan fingerprint density at radius 2 is 2.00 bits per heavy atom. The molecule has 3 heterocycles. The van der Waals surface area contributed by atoms with Gasteiger partial charge < -0.3 is 10.2 Å². The summed E-state index contributed by atoms with van der Waals surface area (Å²) in [4.78, 5) is 31.7. The Morgan fingerprint density at radius 3 is 2.68 bits per heavy atom. The summed E-state index contributed by atoms with van der Waals surface area (Å²) in [5.74, 6) is 1.28. The molecule has 0 aromatic carbocycles. The van der Waals surface area contributed by atoms with Gasteiger partial charge in [0.05, 0.1) is 30.0 Å². The lowest BCUT2D eigenvalue weighted by atomic mass is 9.95. The van der Waals surface area contributed by atoms with Gasteiger partial charge in [0.15, 0.2) is 0 Å². The molecular formula is C18H24N6O. The Morgan fingerprint density at radius 1 is 1.12 bits per heavy atom. The highest BCUT2D eigenvalue weighted by Crippen LogP contribution is 2.22. The summed E-state index contributed by atoms with van der Waals surface area (Å²) in [6.07, 6.45) is 10.8. The predicted molar refractivity (Wildman–Crippen MR) is 95.3 cm³/mol. The van der Waals surface area contributed by atoms with Gasteiger partial charge in [-0.05, 0) is 38.5 Å². The van der Waals surface area contributed by atoms with Crippen molar-refractivity contribution in [3.8, 4) is 0 Å². The van der Waals surface area contributed by atoms with Gasteiger partial charge in [0.2, 0.25) is 0 Å². The van der Waals surface area contributed by atoms with E-state index in [2.05, 4.69) is 25.3 Å². The zero-order valence-corrected chi connectivity index (χ0v) is 14.8. The molecule has 7 heteroatoms. The molecule has 3 rings (SSSR count). The van der Waals surface area contributed by atoms with Crippen molar-refractivity contribution in [3.63, 3.8) is 0 Å². The van der Waals surface area contributed by atoms with Crippen LogP contribution in [-0.2, 0) is 6.42 Å². The molecule has 1 N–H and O–H groups in total. The number of anilines is 1. The van der Waals surface area contributed by atoms with Crippen LogP contribution in [0.3, 0.4) is 0 Å². The van der Waals surface area contributed by atoms with E-state index in [0.29, 0.717) is 11.6 Å². The van der Waals surface area contributed by atoms with E-state index >= 15 is 0 Å². The Balaban J connectivity index is 1.57. The molecule has 1 aliphatic heterocycles. The zero-order chi connectivity index (χ0) is 17.6. The highest BCUT2D eigenvalue weighted by atomic mass is 16.2. The molecule has 0 aliphatic carbocycles. The maximum atomic E-state index is 12.6. The second-order valence-corrected chi connectivity index (χ2v) is 6.48. The molecule has 1 saturated heterocycles. The van der Waals surface area contributed by atoms with Crippen molar-refractivity contribution in [2.45, 2.75) is 32.6 Å². The van der Waals surface area contributed by atoms with E-state index < -0.39 is 0 Å². The summed E-state index contributed by atoms with van der Waals surface area (Å²) in [5.41, 5.74) is 2.25. The van der Waals surface area contributed by atoms with E-state index in [-0.39, 0.29) is 5.91 Å². The highest BCUT2D eigenvalue weighted by Gasteiger charge is 2.23. The fraction of sp³-hybridized carbons (Fsp3) is 0.500. The largest absolute Gasteiger partial charge is 0.372 e. The summed E-state index contributed by atoms with van der Waals surface area (Å²) in [7, 11) is 1.83. The van der Waals surface area contributed by atoms with Gasteiger partial charge in [-0.1, -0.05) is 0 Å². The monoisotopic (exact) mass is 340 g/mol. The average molecular weight is 340 g/mol. The lowest BCUT2D eigenvalue weighted by Crippen LogP contribution is -2.32. The molecule has 132 valence electrons. The maximum absolute atomic E-state index is 12.6. The molecule has 0 bridgehead atoms. The number of likely N-dealkylation sites (tertiary alicyclic amines) is 1. The van der Waals surface area contributed by atoms with Crippen LogP contribution in [0.5, 0.6) is 0 Å². The number of carbonyl (C=O) groups excluding carboxylic acids is 1. The first-order valence-electron chi connectivity index (χ1n) is 8.72. The molecule has 7 nitrogen and oxygen atoms in total. The van der Waals surface area contributed by atoms with Crippen molar-refractivity contribution in [3.05, 3.63) is 41.9 Å². The Kier molecular flexibility index (Phi) is 5.53. The Bertz CT molecular complexity index is 701. The minimum absolute atomic E-state index is 0.0219. The Labute approximate surface area is 147 Å². The predicted octanol–water partition coefficient (Wildman–Crippen LogP) is 2.10. The number of nitrogens with zero attached hydrogens (tertiary/aromatic N) is 5. The van der Waals surface area contributed by atoms with Crippen LogP contribution in [0.1, 0.15) is 41.1 Å². The second kappa shape index (κ2) is 8.00. The number of amides is 1. The first-order valence-corrected chi connectivity index (χ1v) is 8.72. The van der Waals surface area contributed by atoms with Crippen LogP contribution in [0.25, 0.3) is 0 Å². The van der Waals surface area contributed by atoms with Gasteiger partial charge in [0, 0.05) is 26.3 Å². The summed E-state index contributed by atoms with van der Waals surface area (Å²) in [5, 5.41) is 2.98. The summed E-state index contributed by atoms with van der Waals surface area (Å²) >= 11 is 0. The first kappa shape index (κ1) is 17.3. The zero-order valence-electron chi connectivity index (χ0n) is 14.8. The van der Waals surface area contributed by atoms with E-state index in [4.69, 9.17) is 0 Å². The number of nitrogens with one attached hydrogen (secondary N) is 1. The summed E-state index contributed by atoms with van der Waals surface area (Å²) in [6.45, 7) is 3.39. The number of aryl methyl sites for hydroxylation is 1. The topological polar surface area (TPSA) is 83.9 Å². The number of carbonyl (C=O) groups is 1. The van der Waals surface area contributed by atoms with Gasteiger partial charge in [0.1, 0.15) is 11.5 Å². The molecule has 1 amide bonds. The first-order chi connectivity index (χ1) is 12.2. The fourth-order valence-corrected chi connectivity index (χ4v) is 3.12. The van der Waals surface area contributed by atoms with Crippen LogP contribution >= 0.6 is 0 Å². The third-order valence-electron chi connectivity index (χ3n) is 4.59. The van der Waals surface area contributed by atoms with Gasteiger partial charge in [0.25, 0.3) is 5.91 Å². The van der Waals surface area contributed by atoms with E-state index in [1.54, 1.807) is 18.6 Å². The van der Waals surface area contributed by atoms with Gasteiger partial charge >= 0.3 is 0 Å². The number of aromatic nitrogens is 4. The lowest BCUT2D eigenvalue weighted by Gasteiger charge is -2.20. The van der Waals surface area contributed by atoms with Crippen molar-refractivity contribution in [2.24, 2.45) is 5.92 Å². The van der Waals surface area contributed by atoms with Crippen LogP contribution < -0.4 is 5.32 Å². The van der Waals surface area contributed by atoms with Crippen molar-refractivity contribution < 1.29 is 4.79 Å². The van der Waals surface area contributed by atoms with E-state index in [9.17, 15) is 4.79 Å². The molecule has 1 aliphatic rings. The van der Waals surface area contributed by atoms with Crippen LogP contribution in [0.4, 0.5) is 5.82 Å². The summed E-state index contributed by atoms with van der Waals surface area (Å²) in [6, 6.07) is 0. The minimum Gasteiger partial charge on any atom is -0.372 e. The van der Waals surface area contributed by atoms with Crippen molar-refractivity contribution in [1.82, 2.24) is 24.8 Å². The highest BCUT2D eigenvalue weighted by molar-refractivity contribution is 5.92. The SMILES string of the molecule is CNc1cnc(CC2CCCN(C(=O)c3cnc(C)cn3)CC2)cn1. The van der Waals surface area contributed by atoms with Crippen molar-refractivity contribution >= 4 is 11.7 Å². The van der Waals surface area contributed by atoms with E-state index in [1.807, 2.05) is 25.1 Å². The quantitative estimate of drug-likeness (QED) is 0.917. The maximum Gasteiger partial charge on any atom is 0.274 e. The van der Waals surface area contributed by atoms with Gasteiger partial charge in [-0.2, -0.15) is 0 Å². The lowest BCUT2D eigenvalue weighted by molar-refractivity contribution is 0.0753. The van der Waals surface area contributed by atoms with Gasteiger partial charge in [-0.3, -0.25) is 14.8 Å². The number of hydrogen-bond donors (Lipinski definition) is 1. The average Bonchev–Trinajstić information content (AvgIpc) is 2.88. The van der Waals surface area contributed by atoms with Crippen LogP contribution in [0.2, 0.25) is 0 Å². The van der Waals surface area contributed by atoms with Crippen LogP contribution in [0.15, 0.2) is 24.8 Å². The summed E-state index contributed by atoms with van der Waals surface area (Å²) < 4.78 is 0. The molecule has 0 saturated carbocycles. The Hall–Kier alpha value is -2.57. The van der Waals surface area contributed by atoms with Crippen molar-refractivity contribution in [2.75, 3.05) is 25.5 Å². The number of hydrogen-bond acceptors (Lipinski definition) is 6. The van der Waals surface area contributed by atoms with E-state index in [0.717, 1.165) is 56.0 Å². The molecule has 1 atom stereocenters. The molecular weight excluding hydrogens is 316 g/mol. The fourth-order valence-electron chi connectivity index (χ4n) is 3.12. The molecule has 0 spiro atoms. The van der Waals surface area contributed by atoms with Crippen LogP contribution in [-0.4, -0.2) is 50.9 Å². The van der Waals surface area contributed by atoms with Crippen molar-refractivity contribution in [1.29, 1.82) is 0 Å². The normalized spacial score (nSPS) is 17.8. The molecule has 2 aromatic rings. The number of rotatable bonds is 4. The molecule has 1 unspecified atom stereocenters. The standard InChI is InChI=1S/C18H24N6O/c1-13-9-22-16(11-20-13)18(25)24-6-3-4-14(5-7-24)8-15-10-23-17(19-2)12-21-15/h9-12,14H,3-8H2,1-2H3,(H,19,23). The molecule has 0 radical (unpaired) electrons. The third-order valence-corrected chi connectivity index (χ3v) is 4.59. The van der Waals surface area contributed by atoms with Crippen LogP contribution in [0, 0.1) is 12.8 Å². The minimum atomic E-state index is -0.0219. The third kappa shape index (κ3) is 4.49. The molecule has 1 fully saturated rings. The smallest absolute Gasteiger partial charge is 0.274 e. The van der Waals surface area contributed by atoms with Gasteiger partial charge in [-0.15, -0.1) is 0 Å². The molecule has 25 heavy (non-hydrogen) atoms. The second-order valence-electron chi connectivity index (χ2n) is 6.48. The van der Waals surface area contributed by atoms with E-state index in [1.165, 1.54) is 0 Å². The van der Waals surface area contributed by atoms with Gasteiger partial charge in [-0.25, -0.2) is 9.97 Å². The molecule has 2 aromatic heterocycles.